The fourth-order valence-corrected chi connectivity index (χ4v) is 13.5. The van der Waals surface area contributed by atoms with Gasteiger partial charge in [0.05, 0.1) is 35.0 Å². The van der Waals surface area contributed by atoms with Gasteiger partial charge in [0.2, 0.25) is 17.8 Å². The zero-order chi connectivity index (χ0) is 68.9. The van der Waals surface area contributed by atoms with Crippen LogP contribution in [0.2, 0.25) is 0 Å². The molecule has 2 N–H and O–H groups in total. The second-order valence-corrected chi connectivity index (χ2v) is 25.7. The van der Waals surface area contributed by atoms with Crippen LogP contribution in [0, 0.1) is 5.82 Å². The number of halogens is 10. The molecule has 3 aliphatic heterocycles. The fraction of sp³-hybridized carbons (Fsp3) is 0.458. The predicted molar refractivity (Wildman–Crippen MR) is 372 cm³/mol. The summed E-state index contributed by atoms with van der Waals surface area (Å²) in [6, 6.07) is 31.9. The van der Waals surface area contributed by atoms with Gasteiger partial charge >= 0.3 is 18.4 Å². The smallest absolute Gasteiger partial charge is 0.416 e. The van der Waals surface area contributed by atoms with Crippen LogP contribution in [0.1, 0.15) is 113 Å². The lowest BCUT2D eigenvalue weighted by Crippen LogP contribution is -2.50. The summed E-state index contributed by atoms with van der Waals surface area (Å²) in [5.41, 5.74) is 0.0140. The molecule has 18 nitrogen and oxygen atoms in total. The summed E-state index contributed by atoms with van der Waals surface area (Å²) in [5.74, 6) is -1.62. The molecular weight excluding hydrogens is 1370 g/mol. The Labute approximate surface area is 596 Å². The molecule has 2 atom stereocenters. The summed E-state index contributed by atoms with van der Waals surface area (Å²) in [7, 11) is 5.21. The summed E-state index contributed by atoms with van der Waals surface area (Å²) >= 11 is 0. The number of amides is 5. The lowest BCUT2D eigenvalue weighted by Gasteiger charge is -2.44. The van der Waals surface area contributed by atoms with Crippen molar-refractivity contribution in [1.29, 1.82) is 0 Å². The molecule has 3 saturated heterocycles. The zero-order valence-electron chi connectivity index (χ0n) is 56.0. The Bertz CT molecular complexity index is 3650. The third-order valence-electron chi connectivity index (χ3n) is 19.2. The van der Waals surface area contributed by atoms with E-state index in [-0.39, 0.29) is 92.8 Å². The van der Waals surface area contributed by atoms with Crippen molar-refractivity contribution < 1.29 is 68.9 Å². The van der Waals surface area contributed by atoms with E-state index in [1.807, 2.05) is 73.8 Å². The number of likely N-dealkylation sites (tertiary alicyclic amines) is 2. The van der Waals surface area contributed by atoms with Gasteiger partial charge in [-0.15, -0.1) is 37.2 Å². The maximum absolute atomic E-state index is 14.2. The van der Waals surface area contributed by atoms with Crippen LogP contribution in [-0.4, -0.2) is 188 Å². The van der Waals surface area contributed by atoms with Gasteiger partial charge in [-0.3, -0.25) is 24.5 Å². The molecule has 5 amide bonds. The van der Waals surface area contributed by atoms with Crippen molar-refractivity contribution in [2.24, 2.45) is 0 Å². The highest BCUT2D eigenvalue weighted by molar-refractivity contribution is 5.95. The molecule has 542 valence electrons. The molecule has 10 rings (SSSR count). The number of benzene rings is 5. The van der Waals surface area contributed by atoms with E-state index in [9.17, 15) is 54.7 Å². The summed E-state index contributed by atoms with van der Waals surface area (Å²) in [4.78, 5) is 85.8. The van der Waals surface area contributed by atoms with Gasteiger partial charge in [-0.25, -0.2) is 19.2 Å². The highest BCUT2D eigenvalue weighted by Crippen LogP contribution is 2.48. The lowest BCUT2D eigenvalue weighted by molar-refractivity contribution is -0.143. The summed E-state index contributed by atoms with van der Waals surface area (Å²) in [6.07, 6.45) is -1.39. The molecule has 100 heavy (non-hydrogen) atoms. The van der Waals surface area contributed by atoms with Crippen LogP contribution in [0.4, 0.5) is 47.2 Å². The van der Waals surface area contributed by atoms with Gasteiger partial charge in [-0.05, 0) is 130 Å². The van der Waals surface area contributed by atoms with E-state index in [0.29, 0.717) is 126 Å². The molecule has 28 heteroatoms. The molecular formula is C72H86Cl3F7N10O8. The summed E-state index contributed by atoms with van der Waals surface area (Å²) in [5, 5.41) is 6.12. The van der Waals surface area contributed by atoms with Crippen molar-refractivity contribution in [1.82, 2.24) is 39.4 Å². The number of anilines is 2. The third kappa shape index (κ3) is 20.3. The predicted octanol–water partition coefficient (Wildman–Crippen LogP) is 13.0. The van der Waals surface area contributed by atoms with E-state index in [4.69, 9.17) is 14.2 Å². The van der Waals surface area contributed by atoms with E-state index in [0.717, 1.165) is 66.1 Å². The van der Waals surface area contributed by atoms with Crippen LogP contribution in [0.5, 0.6) is 0 Å². The molecule has 1 aromatic heterocycles. The maximum atomic E-state index is 14.2. The first-order valence-corrected chi connectivity index (χ1v) is 33.0. The van der Waals surface area contributed by atoms with Crippen LogP contribution in [0.25, 0.3) is 11.1 Å². The van der Waals surface area contributed by atoms with Gasteiger partial charge in [0, 0.05) is 109 Å². The van der Waals surface area contributed by atoms with Gasteiger partial charge in [-0.1, -0.05) is 91.3 Å². The van der Waals surface area contributed by atoms with Gasteiger partial charge in [0.1, 0.15) is 30.9 Å². The number of ether oxygens (including phenoxy) is 3. The number of piperidine rings is 2. The number of para-hydroxylation sites is 1. The SMILES string of the molecule is CN(CCN1CCC(OC(=O)Nc2ccccc2-c2ccccc2)CC1)C(=O)CCCCCNc1ncc(C(=O)N(C)CCCN(C)C(=O)CO[C@H]2Cc3ccccc3C23CCN(CC[C@@]2(c4ccc(F)cc4)CN(C(=O)c4cc(C(F)(F)F)cc(C(F)(F)F)c4)CO2)CC3)cn1.Cl.Cl.Cl. The Hall–Kier alpha value is -7.65. The van der Waals surface area contributed by atoms with Crippen molar-refractivity contribution in [2.45, 2.75) is 106 Å². The van der Waals surface area contributed by atoms with Crippen LogP contribution in [0.3, 0.4) is 0 Å². The molecule has 0 unspecified atom stereocenters. The standard InChI is InChI=1S/C72H83F7N10O8.3ClH/c1-84(32-14-33-86(3)65(92)53-45-81-67(82-46-53)80-31-13-5-8-21-63(90)85(2)39-40-87-34-26-58(27-35-87)97-68(94)83-61-20-12-10-18-59(61)50-15-6-4-7-16-50)64(91)47-95-62-43-51-17-9-11-19-60(51)69(62)28-36-88(37-29-69)38-30-70(54-22-24-57(73)25-23-54)48-89(49-96-70)66(93)52-41-55(71(74,75)76)44-56(42-52)72(77,78)79;;;/h4,6-7,9-12,15-20,22-25,41-42,44-46,58,62H,5,8,13-14,21,26-40,43,47-49H2,1-3H3,(H,83,94)(H,80,81,82);3*1H/t62-,70-;;;/m0.../s1. The van der Waals surface area contributed by atoms with Crippen molar-refractivity contribution in [3.8, 4) is 11.1 Å². The first kappa shape index (κ1) is 79.7. The maximum Gasteiger partial charge on any atom is 0.416 e. The molecule has 0 bridgehead atoms. The van der Waals surface area contributed by atoms with E-state index in [1.165, 1.54) is 36.7 Å². The number of hydrogen-bond donors (Lipinski definition) is 2. The Morgan fingerprint density at radius 1 is 0.670 bits per heavy atom. The molecule has 3 fully saturated rings. The second kappa shape index (κ2) is 35.8. The minimum absolute atomic E-state index is 0. The first-order valence-electron chi connectivity index (χ1n) is 33.0. The molecule has 0 saturated carbocycles. The number of fused-ring (bicyclic) bond motifs is 2. The average Bonchev–Trinajstić information content (AvgIpc) is 1.58. The summed E-state index contributed by atoms with van der Waals surface area (Å²) in [6.45, 7) is 5.01. The summed E-state index contributed by atoms with van der Waals surface area (Å²) < 4.78 is 115. The number of hydrogen-bond acceptors (Lipinski definition) is 13. The van der Waals surface area contributed by atoms with Crippen molar-refractivity contribution >= 4 is 78.6 Å². The van der Waals surface area contributed by atoms with Gasteiger partial charge in [-0.2, -0.15) is 26.3 Å². The number of alkyl halides is 6. The highest BCUT2D eigenvalue weighted by atomic mass is 35.5. The Morgan fingerprint density at radius 2 is 1.29 bits per heavy atom. The number of likely N-dealkylation sites (N-methyl/N-ethyl adjacent to an activating group) is 2. The monoisotopic (exact) mass is 1460 g/mol. The number of rotatable bonds is 26. The molecule has 1 aliphatic carbocycles. The Balaban J connectivity index is 0.00000468. The number of carbonyl (C=O) groups is 5. The van der Waals surface area contributed by atoms with Gasteiger partial charge in [0.25, 0.3) is 11.8 Å². The molecule has 6 aromatic rings. The van der Waals surface area contributed by atoms with Crippen LogP contribution >= 0.6 is 37.2 Å². The van der Waals surface area contributed by atoms with Gasteiger partial charge < -0.3 is 48.9 Å². The second-order valence-electron chi connectivity index (χ2n) is 25.7. The minimum atomic E-state index is -5.15. The molecule has 5 aromatic carbocycles. The largest absolute Gasteiger partial charge is 0.446 e. The Morgan fingerprint density at radius 3 is 1.97 bits per heavy atom. The molecule has 4 heterocycles. The number of nitrogens with zero attached hydrogens (tertiary/aromatic N) is 8. The molecule has 0 radical (unpaired) electrons. The van der Waals surface area contributed by atoms with Crippen LogP contribution < -0.4 is 10.6 Å². The highest BCUT2D eigenvalue weighted by Gasteiger charge is 2.50. The molecule has 4 aliphatic rings. The minimum Gasteiger partial charge on any atom is -0.446 e. The fourth-order valence-electron chi connectivity index (χ4n) is 13.5. The van der Waals surface area contributed by atoms with Crippen LogP contribution in [0.15, 0.2) is 134 Å². The van der Waals surface area contributed by atoms with Gasteiger partial charge in [0.15, 0.2) is 0 Å². The number of nitrogens with one attached hydrogen (secondary N) is 2. The van der Waals surface area contributed by atoms with E-state index in [2.05, 4.69) is 42.5 Å². The lowest BCUT2D eigenvalue weighted by atomic mass is 9.72. The number of unbranched alkanes of at least 4 members (excludes halogenated alkanes) is 2. The number of aromatic nitrogens is 2. The first-order chi connectivity index (χ1) is 46.5. The third-order valence-corrected chi connectivity index (χ3v) is 19.2. The Kier molecular flexibility index (Phi) is 28.5. The number of carbonyl (C=O) groups excluding carboxylic acids is 5. The van der Waals surface area contributed by atoms with Crippen molar-refractivity contribution in [2.75, 3.05) is 117 Å². The van der Waals surface area contributed by atoms with Crippen molar-refractivity contribution in [3.05, 3.63) is 178 Å². The van der Waals surface area contributed by atoms with Crippen LogP contribution in [-0.2, 0) is 53.6 Å². The van der Waals surface area contributed by atoms with Crippen molar-refractivity contribution in [3.63, 3.8) is 0 Å². The van der Waals surface area contributed by atoms with E-state index >= 15 is 0 Å². The molecule has 1 spiro atoms. The van der Waals surface area contributed by atoms with E-state index < -0.39 is 64.6 Å². The zero-order valence-corrected chi connectivity index (χ0v) is 58.5. The average molecular weight is 1460 g/mol. The quantitative estimate of drug-likeness (QED) is 0.0387. The normalized spacial score (nSPS) is 17.6. The van der Waals surface area contributed by atoms with E-state index in [1.54, 1.807) is 28.8 Å². The topological polar surface area (TPSA) is 182 Å².